The lowest BCUT2D eigenvalue weighted by Gasteiger charge is -2.13. The molecular formula is C16H22O10. The second kappa shape index (κ2) is 13.6. The van der Waals surface area contributed by atoms with Crippen LogP contribution in [0.5, 0.6) is 0 Å². The van der Waals surface area contributed by atoms with Crippen molar-refractivity contribution >= 4 is 23.9 Å². The second-order valence-corrected chi connectivity index (χ2v) is 4.87. The molecular weight excluding hydrogens is 352 g/mol. The molecule has 10 nitrogen and oxygen atoms in total. The fourth-order valence-corrected chi connectivity index (χ4v) is 1.31. The van der Waals surface area contributed by atoms with Crippen LogP contribution in [0.2, 0.25) is 0 Å². The lowest BCUT2D eigenvalue weighted by atomic mass is 10.4. The Bertz CT molecular complexity index is 489. The number of aliphatic hydroxyl groups is 2. The molecule has 146 valence electrons. The number of rotatable bonds is 1. The normalized spacial score (nSPS) is 24.8. The summed E-state index contributed by atoms with van der Waals surface area (Å²) >= 11 is 0. The highest BCUT2D eigenvalue weighted by Gasteiger charge is 2.13. The van der Waals surface area contributed by atoms with Crippen LogP contribution in [0.3, 0.4) is 0 Å². The van der Waals surface area contributed by atoms with E-state index in [9.17, 15) is 19.2 Å². The SMILES string of the molecule is CC1COC(=O)/C=C\C(=O)O1.CC1COC(=O)/C=C\C(=O)O1.OCCO. The van der Waals surface area contributed by atoms with Gasteiger partial charge in [-0.05, 0) is 13.8 Å². The van der Waals surface area contributed by atoms with E-state index in [1.807, 2.05) is 0 Å². The Morgan fingerprint density at radius 2 is 1.04 bits per heavy atom. The Morgan fingerprint density at radius 1 is 0.731 bits per heavy atom. The molecule has 0 spiro atoms. The Kier molecular flexibility index (Phi) is 12.1. The van der Waals surface area contributed by atoms with Crippen LogP contribution >= 0.6 is 0 Å². The third-order valence-corrected chi connectivity index (χ3v) is 2.37. The largest absolute Gasteiger partial charge is 0.459 e. The number of carbonyl (C=O) groups is 4. The van der Waals surface area contributed by atoms with Gasteiger partial charge in [-0.2, -0.15) is 0 Å². The molecule has 2 aliphatic heterocycles. The first-order chi connectivity index (χ1) is 12.3. The molecule has 2 atom stereocenters. The van der Waals surface area contributed by atoms with Gasteiger partial charge in [0.25, 0.3) is 0 Å². The molecule has 2 aliphatic rings. The van der Waals surface area contributed by atoms with Crippen LogP contribution in [-0.2, 0) is 38.1 Å². The van der Waals surface area contributed by atoms with E-state index in [0.29, 0.717) is 0 Å². The van der Waals surface area contributed by atoms with Gasteiger partial charge in [-0.1, -0.05) is 0 Å². The van der Waals surface area contributed by atoms with Crippen LogP contribution in [0.25, 0.3) is 0 Å². The van der Waals surface area contributed by atoms with Crippen LogP contribution < -0.4 is 0 Å². The van der Waals surface area contributed by atoms with Crippen molar-refractivity contribution in [1.29, 1.82) is 0 Å². The summed E-state index contributed by atoms with van der Waals surface area (Å²) in [4.78, 5) is 42.6. The molecule has 0 fully saturated rings. The number of cyclic esters (lactones) is 4. The number of aliphatic hydroxyl groups excluding tert-OH is 2. The van der Waals surface area contributed by atoms with Gasteiger partial charge >= 0.3 is 23.9 Å². The van der Waals surface area contributed by atoms with Crippen molar-refractivity contribution in [2.24, 2.45) is 0 Å². The Labute approximate surface area is 150 Å². The van der Waals surface area contributed by atoms with Crippen LogP contribution in [-0.4, -0.2) is 72.7 Å². The molecule has 0 aromatic carbocycles. The maximum atomic E-state index is 10.7. The van der Waals surface area contributed by atoms with Gasteiger partial charge in [0.05, 0.1) is 13.2 Å². The van der Waals surface area contributed by atoms with Crippen LogP contribution in [0.15, 0.2) is 24.3 Å². The highest BCUT2D eigenvalue weighted by Crippen LogP contribution is 1.99. The molecule has 0 radical (unpaired) electrons. The summed E-state index contributed by atoms with van der Waals surface area (Å²) in [6.45, 7) is 3.30. The van der Waals surface area contributed by atoms with E-state index in [-0.39, 0.29) is 38.6 Å². The minimum atomic E-state index is -0.506. The average molecular weight is 374 g/mol. The summed E-state index contributed by atoms with van der Waals surface area (Å²) < 4.78 is 18.8. The quantitative estimate of drug-likeness (QED) is 0.434. The molecule has 10 heteroatoms. The van der Waals surface area contributed by atoms with E-state index in [1.54, 1.807) is 13.8 Å². The van der Waals surface area contributed by atoms with Gasteiger partial charge in [0.1, 0.15) is 25.4 Å². The lowest BCUT2D eigenvalue weighted by molar-refractivity contribution is -0.153. The van der Waals surface area contributed by atoms with Crippen LogP contribution in [0.4, 0.5) is 0 Å². The number of ether oxygens (including phenoxy) is 4. The number of esters is 4. The Morgan fingerprint density at radius 3 is 1.35 bits per heavy atom. The first-order valence-corrected chi connectivity index (χ1v) is 7.61. The summed E-state index contributed by atoms with van der Waals surface area (Å²) in [7, 11) is 0. The first-order valence-electron chi connectivity index (χ1n) is 7.61. The molecule has 0 amide bonds. The van der Waals surface area contributed by atoms with Gasteiger partial charge in [0, 0.05) is 24.3 Å². The zero-order chi connectivity index (χ0) is 19.9. The van der Waals surface area contributed by atoms with Gasteiger partial charge in [0.15, 0.2) is 0 Å². The van der Waals surface area contributed by atoms with Gasteiger partial charge in [-0.15, -0.1) is 0 Å². The predicted molar refractivity (Wildman–Crippen MR) is 85.5 cm³/mol. The zero-order valence-electron chi connectivity index (χ0n) is 14.5. The van der Waals surface area contributed by atoms with Crippen molar-refractivity contribution in [1.82, 2.24) is 0 Å². The van der Waals surface area contributed by atoms with Crippen molar-refractivity contribution in [2.45, 2.75) is 26.1 Å². The molecule has 2 rings (SSSR count). The standard InChI is InChI=1S/2C7H8O4.C2H6O2/c2*1-5-4-10-6(8)2-3-7(9)11-5;3-1-2-4/h2*2-3,5H,4H2,1H3;3-4H,1-2H2/b2*3-2-;. The average Bonchev–Trinajstić information content (AvgIpc) is 2.60. The van der Waals surface area contributed by atoms with E-state index in [0.717, 1.165) is 24.3 Å². The van der Waals surface area contributed by atoms with Crippen molar-refractivity contribution in [3.05, 3.63) is 24.3 Å². The lowest BCUT2D eigenvalue weighted by Crippen LogP contribution is -2.23. The Hall–Kier alpha value is -2.72. The van der Waals surface area contributed by atoms with Crippen molar-refractivity contribution in [2.75, 3.05) is 26.4 Å². The first kappa shape index (κ1) is 23.3. The molecule has 26 heavy (non-hydrogen) atoms. The molecule has 0 saturated carbocycles. The smallest absolute Gasteiger partial charge is 0.331 e. The molecule has 0 aliphatic carbocycles. The van der Waals surface area contributed by atoms with E-state index in [4.69, 9.17) is 19.7 Å². The maximum absolute atomic E-state index is 10.7. The number of hydrogen-bond donors (Lipinski definition) is 2. The van der Waals surface area contributed by atoms with Crippen molar-refractivity contribution < 1.29 is 48.3 Å². The van der Waals surface area contributed by atoms with E-state index in [1.165, 1.54) is 0 Å². The summed E-state index contributed by atoms with van der Waals surface area (Å²) in [6.07, 6.45) is 3.48. The van der Waals surface area contributed by atoms with E-state index < -0.39 is 23.9 Å². The minimum absolute atomic E-state index is 0.120. The van der Waals surface area contributed by atoms with Crippen LogP contribution in [0.1, 0.15) is 13.8 Å². The fourth-order valence-electron chi connectivity index (χ4n) is 1.31. The number of hydrogen-bond acceptors (Lipinski definition) is 10. The highest BCUT2D eigenvalue weighted by molar-refractivity contribution is 5.92. The molecule has 2 unspecified atom stereocenters. The van der Waals surface area contributed by atoms with Gasteiger partial charge in [-0.3, -0.25) is 0 Å². The van der Waals surface area contributed by atoms with Crippen molar-refractivity contribution in [3.63, 3.8) is 0 Å². The molecule has 0 bridgehead atoms. The second-order valence-electron chi connectivity index (χ2n) is 4.87. The van der Waals surface area contributed by atoms with Crippen LogP contribution in [0, 0.1) is 0 Å². The zero-order valence-corrected chi connectivity index (χ0v) is 14.5. The molecule has 0 saturated heterocycles. The molecule has 2 N–H and O–H groups in total. The predicted octanol–water partition coefficient (Wildman–Crippen LogP) is -0.967. The molecule has 0 aromatic rings. The molecule has 0 aromatic heterocycles. The number of carbonyl (C=O) groups excluding carboxylic acids is 4. The van der Waals surface area contributed by atoms with Gasteiger partial charge in [0.2, 0.25) is 0 Å². The van der Waals surface area contributed by atoms with E-state index in [2.05, 4.69) is 9.47 Å². The summed E-state index contributed by atoms with van der Waals surface area (Å²) in [5.41, 5.74) is 0. The molecule has 2 heterocycles. The summed E-state index contributed by atoms with van der Waals surface area (Å²) in [5.74, 6) is -2.02. The van der Waals surface area contributed by atoms with Gasteiger partial charge in [-0.25, -0.2) is 19.2 Å². The third-order valence-electron chi connectivity index (χ3n) is 2.37. The Balaban J connectivity index is 0.000000401. The summed E-state index contributed by atoms with van der Waals surface area (Å²) in [5, 5.41) is 15.2. The monoisotopic (exact) mass is 374 g/mol. The topological polar surface area (TPSA) is 146 Å². The van der Waals surface area contributed by atoms with E-state index >= 15 is 0 Å². The van der Waals surface area contributed by atoms with Gasteiger partial charge < -0.3 is 29.2 Å². The fraction of sp³-hybridized carbons (Fsp3) is 0.500. The summed E-state index contributed by atoms with van der Waals surface area (Å²) in [6, 6.07) is 0. The third kappa shape index (κ3) is 12.7. The minimum Gasteiger partial charge on any atom is -0.459 e. The highest BCUT2D eigenvalue weighted by atomic mass is 16.6. The van der Waals surface area contributed by atoms with Crippen molar-refractivity contribution in [3.8, 4) is 0 Å². The maximum Gasteiger partial charge on any atom is 0.331 e.